The third-order valence-corrected chi connectivity index (χ3v) is 9.86. The van der Waals surface area contributed by atoms with Gasteiger partial charge in [0.15, 0.2) is 5.82 Å². The smallest absolute Gasteiger partial charge is 0.229 e. The van der Waals surface area contributed by atoms with Crippen LogP contribution in [0.5, 0.6) is 5.75 Å². The van der Waals surface area contributed by atoms with E-state index < -0.39 is 7.14 Å². The molecule has 1 aliphatic heterocycles. The van der Waals surface area contributed by atoms with Gasteiger partial charge in [-0.3, -0.25) is 15.1 Å². The van der Waals surface area contributed by atoms with Gasteiger partial charge >= 0.3 is 0 Å². The fraction of sp³-hybridized carbons (Fsp3) is 0.323. The van der Waals surface area contributed by atoms with Gasteiger partial charge in [0.05, 0.1) is 41.7 Å². The van der Waals surface area contributed by atoms with E-state index in [2.05, 4.69) is 65.7 Å². The molecule has 45 heavy (non-hydrogen) atoms. The molecular weight excluding hydrogens is 611 g/mol. The number of methoxy groups -OCH3 is 1. The zero-order valence-electron chi connectivity index (χ0n) is 25.9. The summed E-state index contributed by atoms with van der Waals surface area (Å²) < 4.78 is 19.3. The lowest BCUT2D eigenvalue weighted by atomic mass is 9.99. The fourth-order valence-corrected chi connectivity index (χ4v) is 7.31. The Hall–Kier alpha value is -4.25. The Labute approximate surface area is 267 Å². The Morgan fingerprint density at radius 3 is 2.51 bits per heavy atom. The van der Waals surface area contributed by atoms with Crippen LogP contribution < -0.4 is 25.6 Å². The van der Waals surface area contributed by atoms with Crippen LogP contribution in [0.4, 0.5) is 28.8 Å². The lowest BCUT2D eigenvalue weighted by Crippen LogP contribution is -2.42. The molecule has 1 fully saturated rings. The van der Waals surface area contributed by atoms with E-state index >= 15 is 0 Å². The molecule has 12 nitrogen and oxygen atoms in total. The van der Waals surface area contributed by atoms with Crippen LogP contribution in [0.1, 0.15) is 12.8 Å². The molecule has 0 unspecified atom stereocenters. The second-order valence-electron chi connectivity index (χ2n) is 11.6. The van der Waals surface area contributed by atoms with Crippen molar-refractivity contribution in [3.8, 4) is 16.9 Å². The molecule has 14 heteroatoms. The molecule has 0 spiro atoms. The SMILES string of the molecule is COc1cc(N2CCC(N(C)C)CC2)c(-c2cn[nH]c2)cc1Nc1ncc(Cl)c(Nc2ccc3nccnc3c2P(C)(C)=O)n1. The summed E-state index contributed by atoms with van der Waals surface area (Å²) in [4.78, 5) is 22.7. The standard InChI is InChI=1S/C31H36ClN10O2P/c1-41(2)20-8-12-42(13-9-20)26-15-27(44-3)25(14-21(26)19-16-36-37-17-19)39-31-35-18-22(32)30(40-31)38-24-7-6-23-28(34-11-10-33-23)29(24)45(4,5)43/h6-7,10-11,14-18,20H,8-9,12-13H2,1-5H3,(H,36,37)(H2,35,38,39,40). The summed E-state index contributed by atoms with van der Waals surface area (Å²) in [6, 6.07) is 8.29. The summed E-state index contributed by atoms with van der Waals surface area (Å²) in [7, 11) is 3.15. The van der Waals surface area contributed by atoms with Crippen molar-refractivity contribution in [2.75, 3.05) is 63.2 Å². The van der Waals surface area contributed by atoms with Crippen molar-refractivity contribution < 1.29 is 9.30 Å². The van der Waals surface area contributed by atoms with Crippen LogP contribution in [0.25, 0.3) is 22.2 Å². The van der Waals surface area contributed by atoms with Gasteiger partial charge in [0.1, 0.15) is 23.4 Å². The Kier molecular flexibility index (Phi) is 8.63. The molecule has 2 aromatic carbocycles. The number of nitrogens with zero attached hydrogens (tertiary/aromatic N) is 7. The van der Waals surface area contributed by atoms with Gasteiger partial charge in [-0.25, -0.2) is 4.98 Å². The zero-order valence-corrected chi connectivity index (χ0v) is 27.5. The van der Waals surface area contributed by atoms with Crippen molar-refractivity contribution in [3.05, 3.63) is 60.3 Å². The molecule has 0 radical (unpaired) electrons. The average Bonchev–Trinajstić information content (AvgIpc) is 3.57. The van der Waals surface area contributed by atoms with Crippen LogP contribution in [0, 0.1) is 0 Å². The predicted molar refractivity (Wildman–Crippen MR) is 182 cm³/mol. The molecule has 0 amide bonds. The molecule has 5 aromatic rings. The summed E-state index contributed by atoms with van der Waals surface area (Å²) in [5.74, 6) is 1.30. The normalized spacial score (nSPS) is 14.2. The maximum atomic E-state index is 13.4. The molecule has 0 saturated carbocycles. The number of ether oxygens (including phenoxy) is 1. The first-order chi connectivity index (χ1) is 21.6. The van der Waals surface area contributed by atoms with Crippen molar-refractivity contribution >= 4 is 63.9 Å². The molecule has 234 valence electrons. The van der Waals surface area contributed by atoms with Crippen LogP contribution in [0.2, 0.25) is 5.02 Å². The zero-order chi connectivity index (χ0) is 31.7. The van der Waals surface area contributed by atoms with E-state index in [0.717, 1.165) is 42.7 Å². The first-order valence-corrected chi connectivity index (χ1v) is 17.6. The van der Waals surface area contributed by atoms with E-state index in [9.17, 15) is 4.57 Å². The first kappa shape index (κ1) is 30.8. The van der Waals surface area contributed by atoms with Crippen LogP contribution >= 0.6 is 18.7 Å². The van der Waals surface area contributed by atoms with Crippen molar-refractivity contribution in [2.45, 2.75) is 18.9 Å². The molecule has 0 aliphatic carbocycles. The minimum Gasteiger partial charge on any atom is -0.494 e. The van der Waals surface area contributed by atoms with Crippen molar-refractivity contribution in [3.63, 3.8) is 0 Å². The molecular formula is C31H36ClN10O2P. The molecule has 4 heterocycles. The number of H-pyrrole nitrogens is 1. The third-order valence-electron chi connectivity index (χ3n) is 8.06. The second-order valence-corrected chi connectivity index (χ2v) is 15.2. The minimum absolute atomic E-state index is 0.301. The average molecular weight is 647 g/mol. The quantitative estimate of drug-likeness (QED) is 0.169. The molecule has 3 aromatic heterocycles. The van der Waals surface area contributed by atoms with Gasteiger partial charge < -0.3 is 29.7 Å². The van der Waals surface area contributed by atoms with Crippen molar-refractivity contribution in [1.82, 2.24) is 35.0 Å². The molecule has 6 rings (SSSR count). The van der Waals surface area contributed by atoms with Gasteiger partial charge in [-0.2, -0.15) is 10.1 Å². The number of hydrogen-bond donors (Lipinski definition) is 3. The molecule has 0 bridgehead atoms. The number of piperidine rings is 1. The highest BCUT2D eigenvalue weighted by Gasteiger charge is 2.25. The summed E-state index contributed by atoms with van der Waals surface area (Å²) >= 11 is 6.57. The molecule has 3 N–H and O–H groups in total. The highest BCUT2D eigenvalue weighted by Crippen LogP contribution is 2.43. The van der Waals surface area contributed by atoms with Gasteiger partial charge in [-0.1, -0.05) is 11.6 Å². The molecule has 1 saturated heterocycles. The Morgan fingerprint density at radius 1 is 1.04 bits per heavy atom. The molecule has 0 atom stereocenters. The number of aromatic nitrogens is 6. The monoisotopic (exact) mass is 646 g/mol. The maximum absolute atomic E-state index is 13.4. The van der Waals surface area contributed by atoms with Crippen LogP contribution in [-0.2, 0) is 4.57 Å². The van der Waals surface area contributed by atoms with Crippen LogP contribution in [0.3, 0.4) is 0 Å². The number of rotatable bonds is 9. The fourth-order valence-electron chi connectivity index (χ4n) is 5.78. The van der Waals surface area contributed by atoms with Gasteiger partial charge in [0.25, 0.3) is 0 Å². The summed E-state index contributed by atoms with van der Waals surface area (Å²) in [5, 5.41) is 14.6. The molecule has 1 aliphatic rings. The number of hydrogen-bond acceptors (Lipinski definition) is 11. The largest absolute Gasteiger partial charge is 0.494 e. The Morgan fingerprint density at radius 2 is 1.82 bits per heavy atom. The van der Waals surface area contributed by atoms with Gasteiger partial charge in [0, 0.05) is 60.6 Å². The topological polar surface area (TPSA) is 137 Å². The van der Waals surface area contributed by atoms with Gasteiger partial charge in [0.2, 0.25) is 5.95 Å². The first-order valence-electron chi connectivity index (χ1n) is 14.6. The number of fused-ring (bicyclic) bond motifs is 1. The van der Waals surface area contributed by atoms with Crippen LogP contribution in [0.15, 0.2) is 55.2 Å². The maximum Gasteiger partial charge on any atom is 0.229 e. The highest BCUT2D eigenvalue weighted by atomic mass is 35.5. The lowest BCUT2D eigenvalue weighted by molar-refractivity contribution is 0.249. The third kappa shape index (κ3) is 6.45. The summed E-state index contributed by atoms with van der Waals surface area (Å²) in [6.45, 7) is 5.27. The van der Waals surface area contributed by atoms with Crippen molar-refractivity contribution in [2.24, 2.45) is 0 Å². The minimum atomic E-state index is -2.78. The lowest BCUT2D eigenvalue weighted by Gasteiger charge is -2.37. The number of benzene rings is 2. The van der Waals surface area contributed by atoms with E-state index in [1.807, 2.05) is 30.6 Å². The van der Waals surface area contributed by atoms with E-state index in [-0.39, 0.29) is 0 Å². The number of aromatic amines is 1. The van der Waals surface area contributed by atoms with Gasteiger partial charge in [-0.15, -0.1) is 0 Å². The Bertz CT molecular complexity index is 1870. The van der Waals surface area contributed by atoms with Crippen molar-refractivity contribution in [1.29, 1.82) is 0 Å². The van der Waals surface area contributed by atoms with E-state index in [4.69, 9.17) is 21.3 Å². The van der Waals surface area contributed by atoms with Gasteiger partial charge in [-0.05, 0) is 58.5 Å². The number of nitrogens with one attached hydrogen (secondary N) is 3. The van der Waals surface area contributed by atoms with E-state index in [0.29, 0.717) is 56.3 Å². The van der Waals surface area contributed by atoms with E-state index in [1.165, 1.54) is 6.20 Å². The van der Waals surface area contributed by atoms with E-state index in [1.54, 1.807) is 32.8 Å². The second kappa shape index (κ2) is 12.6. The van der Waals surface area contributed by atoms with Crippen LogP contribution in [-0.4, -0.2) is 88.7 Å². The predicted octanol–water partition coefficient (Wildman–Crippen LogP) is 5.74. The summed E-state index contributed by atoms with van der Waals surface area (Å²) in [6.07, 6.45) is 10.6. The Balaban J connectivity index is 1.34. The summed E-state index contributed by atoms with van der Waals surface area (Å²) in [5.41, 5.74) is 5.54. The highest BCUT2D eigenvalue weighted by molar-refractivity contribution is 7.71. The number of halogens is 1. The number of anilines is 5.